The molecule has 16 heavy (non-hydrogen) atoms. The van der Waals surface area contributed by atoms with Crippen molar-refractivity contribution in [2.75, 3.05) is 5.73 Å². The molecule has 0 amide bonds. The lowest BCUT2D eigenvalue weighted by Crippen LogP contribution is -1.96. The van der Waals surface area contributed by atoms with E-state index in [4.69, 9.17) is 5.73 Å². The van der Waals surface area contributed by atoms with E-state index >= 15 is 0 Å². The van der Waals surface area contributed by atoms with Gasteiger partial charge in [-0.25, -0.2) is 0 Å². The fraction of sp³-hybridized carbons (Fsp3) is 0. The quantitative estimate of drug-likeness (QED) is 0.473. The third-order valence-electron chi connectivity index (χ3n) is 2.19. The van der Waals surface area contributed by atoms with E-state index in [-0.39, 0.29) is 11.4 Å². The highest BCUT2D eigenvalue weighted by molar-refractivity contribution is 5.69. The second-order valence-electron chi connectivity index (χ2n) is 3.25. The molecule has 0 aliphatic heterocycles. The number of nitro benzene ring substituents is 1. The molecule has 0 spiro atoms. The Morgan fingerprint density at radius 2 is 2.06 bits per heavy atom. The number of benzene rings is 1. The molecule has 0 aliphatic rings. The van der Waals surface area contributed by atoms with Crippen LogP contribution in [0.4, 0.5) is 11.4 Å². The molecule has 5 heteroatoms. The fourth-order valence-corrected chi connectivity index (χ4v) is 1.39. The lowest BCUT2D eigenvalue weighted by atomic mass is 10.1. The Kier molecular flexibility index (Phi) is 2.51. The van der Waals surface area contributed by atoms with Crippen LogP contribution in [-0.2, 0) is 0 Å². The zero-order valence-corrected chi connectivity index (χ0v) is 8.33. The third kappa shape index (κ3) is 1.83. The van der Waals surface area contributed by atoms with E-state index in [0.717, 1.165) is 0 Å². The summed E-state index contributed by atoms with van der Waals surface area (Å²) in [5.41, 5.74) is 6.94. The molecule has 2 rings (SSSR count). The summed E-state index contributed by atoms with van der Waals surface area (Å²) >= 11 is 0. The van der Waals surface area contributed by atoms with E-state index in [1.807, 2.05) is 6.07 Å². The summed E-state index contributed by atoms with van der Waals surface area (Å²) in [6.07, 6.45) is 1.64. The Morgan fingerprint density at radius 1 is 1.25 bits per heavy atom. The van der Waals surface area contributed by atoms with Gasteiger partial charge in [-0.1, -0.05) is 12.1 Å². The fourth-order valence-electron chi connectivity index (χ4n) is 1.39. The van der Waals surface area contributed by atoms with Crippen molar-refractivity contribution in [1.82, 2.24) is 4.98 Å². The van der Waals surface area contributed by atoms with Crippen molar-refractivity contribution in [2.24, 2.45) is 0 Å². The van der Waals surface area contributed by atoms with Gasteiger partial charge in [0, 0.05) is 17.8 Å². The number of nitrogens with zero attached hydrogens (tertiary/aromatic N) is 2. The summed E-state index contributed by atoms with van der Waals surface area (Å²) in [6, 6.07) is 10.1. The van der Waals surface area contributed by atoms with Crippen LogP contribution in [0.25, 0.3) is 11.3 Å². The average molecular weight is 215 g/mol. The number of hydrogen-bond acceptors (Lipinski definition) is 4. The monoisotopic (exact) mass is 215 g/mol. The second kappa shape index (κ2) is 3.98. The van der Waals surface area contributed by atoms with Crippen LogP contribution in [0, 0.1) is 10.1 Å². The van der Waals surface area contributed by atoms with Crippen molar-refractivity contribution in [2.45, 2.75) is 0 Å². The number of nitrogens with two attached hydrogens (primary N) is 1. The molecule has 2 aromatic rings. The molecule has 1 aromatic heterocycles. The van der Waals surface area contributed by atoms with E-state index in [9.17, 15) is 10.1 Å². The highest BCUT2D eigenvalue weighted by Gasteiger charge is 2.12. The zero-order chi connectivity index (χ0) is 11.5. The minimum Gasteiger partial charge on any atom is -0.393 e. The number of anilines is 1. The first-order valence-electron chi connectivity index (χ1n) is 4.64. The predicted octanol–water partition coefficient (Wildman–Crippen LogP) is 2.24. The Hall–Kier alpha value is -2.43. The van der Waals surface area contributed by atoms with Crippen LogP contribution in [-0.4, -0.2) is 9.91 Å². The lowest BCUT2D eigenvalue weighted by Gasteiger charge is -2.01. The molecule has 0 radical (unpaired) electrons. The van der Waals surface area contributed by atoms with Gasteiger partial charge in [0.2, 0.25) is 0 Å². The molecule has 80 valence electrons. The molecule has 5 nitrogen and oxygen atoms in total. The molecule has 0 bridgehead atoms. The van der Waals surface area contributed by atoms with Gasteiger partial charge in [0.05, 0.1) is 10.6 Å². The standard InChI is InChI=1S/C11H9N3O2/c12-9-5-4-8(7-11(9)14(15)16)10-3-1-2-6-13-10/h1-7H,12H2. The zero-order valence-electron chi connectivity index (χ0n) is 8.33. The molecule has 0 unspecified atom stereocenters. The molecule has 1 heterocycles. The van der Waals surface area contributed by atoms with Gasteiger partial charge in [-0.05, 0) is 18.2 Å². The molecule has 1 aromatic carbocycles. The van der Waals surface area contributed by atoms with Crippen molar-refractivity contribution in [3.63, 3.8) is 0 Å². The molecular weight excluding hydrogens is 206 g/mol. The molecule has 0 fully saturated rings. The second-order valence-corrected chi connectivity index (χ2v) is 3.25. The Labute approximate surface area is 91.7 Å². The average Bonchev–Trinajstić information content (AvgIpc) is 2.30. The minimum absolute atomic E-state index is 0.0943. The first-order valence-corrected chi connectivity index (χ1v) is 4.64. The highest BCUT2D eigenvalue weighted by atomic mass is 16.6. The van der Waals surface area contributed by atoms with Crippen LogP contribution in [0.3, 0.4) is 0 Å². The van der Waals surface area contributed by atoms with Crippen LogP contribution in [0.2, 0.25) is 0 Å². The lowest BCUT2D eigenvalue weighted by molar-refractivity contribution is -0.383. The number of aromatic nitrogens is 1. The summed E-state index contributed by atoms with van der Waals surface area (Å²) in [5, 5.41) is 10.7. The van der Waals surface area contributed by atoms with Crippen LogP contribution < -0.4 is 5.73 Å². The Bertz CT molecular complexity index is 526. The molecule has 0 saturated carbocycles. The summed E-state index contributed by atoms with van der Waals surface area (Å²) in [4.78, 5) is 14.3. The molecule has 0 atom stereocenters. The van der Waals surface area contributed by atoms with Crippen molar-refractivity contribution >= 4 is 11.4 Å². The maximum Gasteiger partial charge on any atom is 0.292 e. The number of nitro groups is 1. The van der Waals surface area contributed by atoms with E-state index in [1.54, 1.807) is 24.4 Å². The van der Waals surface area contributed by atoms with Gasteiger partial charge in [0.15, 0.2) is 0 Å². The number of nitrogen functional groups attached to an aromatic ring is 1. The number of rotatable bonds is 2. The Balaban J connectivity index is 2.52. The van der Waals surface area contributed by atoms with Gasteiger partial charge in [-0.3, -0.25) is 15.1 Å². The first kappa shape index (κ1) is 10.1. The molecule has 2 N–H and O–H groups in total. The van der Waals surface area contributed by atoms with Crippen molar-refractivity contribution in [3.05, 3.63) is 52.7 Å². The van der Waals surface area contributed by atoms with Gasteiger partial charge in [0.25, 0.3) is 5.69 Å². The van der Waals surface area contributed by atoms with Crippen molar-refractivity contribution < 1.29 is 4.92 Å². The minimum atomic E-state index is -0.498. The van der Waals surface area contributed by atoms with Crippen LogP contribution in [0.1, 0.15) is 0 Å². The van der Waals surface area contributed by atoms with Crippen LogP contribution >= 0.6 is 0 Å². The van der Waals surface area contributed by atoms with Gasteiger partial charge in [0.1, 0.15) is 5.69 Å². The smallest absolute Gasteiger partial charge is 0.292 e. The normalized spacial score (nSPS) is 10.0. The molecular formula is C11H9N3O2. The summed E-state index contributed by atoms with van der Waals surface area (Å²) in [6.45, 7) is 0. The number of hydrogen-bond donors (Lipinski definition) is 1. The van der Waals surface area contributed by atoms with E-state index < -0.39 is 4.92 Å². The van der Waals surface area contributed by atoms with Crippen LogP contribution in [0.15, 0.2) is 42.6 Å². The van der Waals surface area contributed by atoms with E-state index in [2.05, 4.69) is 4.98 Å². The summed E-state index contributed by atoms with van der Waals surface area (Å²) in [7, 11) is 0. The third-order valence-corrected chi connectivity index (χ3v) is 2.19. The van der Waals surface area contributed by atoms with E-state index in [1.165, 1.54) is 12.1 Å². The SMILES string of the molecule is Nc1ccc(-c2ccccn2)cc1[N+](=O)[O-]. The predicted molar refractivity (Wildman–Crippen MR) is 60.7 cm³/mol. The maximum atomic E-state index is 10.7. The summed E-state index contributed by atoms with van der Waals surface area (Å²) in [5.74, 6) is 0. The van der Waals surface area contributed by atoms with Gasteiger partial charge in [-0.15, -0.1) is 0 Å². The van der Waals surface area contributed by atoms with Crippen molar-refractivity contribution in [1.29, 1.82) is 0 Å². The number of pyridine rings is 1. The topological polar surface area (TPSA) is 82.0 Å². The van der Waals surface area contributed by atoms with Crippen molar-refractivity contribution in [3.8, 4) is 11.3 Å². The van der Waals surface area contributed by atoms with Gasteiger partial charge in [-0.2, -0.15) is 0 Å². The molecule has 0 saturated heterocycles. The largest absolute Gasteiger partial charge is 0.393 e. The van der Waals surface area contributed by atoms with Crippen LogP contribution in [0.5, 0.6) is 0 Å². The Morgan fingerprint density at radius 3 is 2.69 bits per heavy atom. The summed E-state index contributed by atoms with van der Waals surface area (Å²) < 4.78 is 0. The molecule has 0 aliphatic carbocycles. The van der Waals surface area contributed by atoms with Gasteiger partial charge >= 0.3 is 0 Å². The van der Waals surface area contributed by atoms with Gasteiger partial charge < -0.3 is 5.73 Å². The maximum absolute atomic E-state index is 10.7. The first-order chi connectivity index (χ1) is 7.68. The highest BCUT2D eigenvalue weighted by Crippen LogP contribution is 2.27. The van der Waals surface area contributed by atoms with E-state index in [0.29, 0.717) is 11.3 Å².